The molecule has 2 nitrogen and oxygen atoms in total. The Bertz CT molecular complexity index is 621. The third-order valence-electron chi connectivity index (χ3n) is 4.20. The molecule has 0 aliphatic heterocycles. The Morgan fingerprint density at radius 3 is 2.65 bits per heavy atom. The van der Waals surface area contributed by atoms with Crippen LogP contribution in [0.15, 0.2) is 42.5 Å². The molecule has 0 saturated carbocycles. The van der Waals surface area contributed by atoms with Crippen LogP contribution in [0.4, 0.5) is 0 Å². The summed E-state index contributed by atoms with van der Waals surface area (Å²) < 4.78 is 0. The Morgan fingerprint density at radius 1 is 1.10 bits per heavy atom. The van der Waals surface area contributed by atoms with Crippen molar-refractivity contribution in [1.29, 1.82) is 0 Å². The van der Waals surface area contributed by atoms with Gasteiger partial charge in [0, 0.05) is 0 Å². The summed E-state index contributed by atoms with van der Waals surface area (Å²) in [7, 11) is 0. The molecule has 0 saturated heterocycles. The molecule has 2 heteroatoms. The van der Waals surface area contributed by atoms with E-state index < -0.39 is 6.10 Å². The first kappa shape index (κ1) is 13.3. The van der Waals surface area contributed by atoms with E-state index in [2.05, 4.69) is 49.4 Å². The molecule has 2 aromatic carbocycles. The Balaban J connectivity index is 1.91. The van der Waals surface area contributed by atoms with Crippen LogP contribution >= 0.6 is 0 Å². The smallest absolute Gasteiger partial charge is 0.0732 e. The monoisotopic (exact) mass is 267 g/mol. The van der Waals surface area contributed by atoms with Gasteiger partial charge in [0.1, 0.15) is 0 Å². The maximum absolute atomic E-state index is 10.1. The largest absolute Gasteiger partial charge is 0.391 e. The average molecular weight is 267 g/mol. The van der Waals surface area contributed by atoms with E-state index in [1.807, 2.05) is 0 Å². The van der Waals surface area contributed by atoms with E-state index in [9.17, 15) is 5.11 Å². The van der Waals surface area contributed by atoms with Crippen LogP contribution < -0.4 is 5.73 Å². The highest BCUT2D eigenvalue weighted by atomic mass is 16.3. The van der Waals surface area contributed by atoms with Gasteiger partial charge < -0.3 is 10.8 Å². The van der Waals surface area contributed by atoms with Crippen LogP contribution in [0.25, 0.3) is 11.1 Å². The standard InChI is InChI=1S/C18H21NO/c1-2-5-17(20)18(19)13-8-9-16-14(11-13)10-12-6-3-4-7-15(12)16/h3-4,6-9,11,17-18,20H,2,5,10,19H2,1H3/t17-,18+/m0/s1. The lowest BCUT2D eigenvalue weighted by Crippen LogP contribution is -2.26. The minimum atomic E-state index is -0.457. The second kappa shape index (κ2) is 5.39. The molecule has 3 rings (SSSR count). The van der Waals surface area contributed by atoms with E-state index >= 15 is 0 Å². The molecule has 0 spiro atoms. The fraction of sp³-hybridized carbons (Fsp3) is 0.333. The summed E-state index contributed by atoms with van der Waals surface area (Å²) >= 11 is 0. The van der Waals surface area contributed by atoms with Gasteiger partial charge in [-0.3, -0.25) is 0 Å². The number of nitrogens with two attached hydrogens (primary N) is 1. The average Bonchev–Trinajstić information content (AvgIpc) is 2.84. The molecule has 2 atom stereocenters. The molecule has 0 bridgehead atoms. The van der Waals surface area contributed by atoms with Crippen molar-refractivity contribution in [3.8, 4) is 11.1 Å². The van der Waals surface area contributed by atoms with Crippen molar-refractivity contribution < 1.29 is 5.11 Å². The van der Waals surface area contributed by atoms with Crippen LogP contribution in [-0.4, -0.2) is 11.2 Å². The molecule has 104 valence electrons. The summed E-state index contributed by atoms with van der Waals surface area (Å²) in [6.07, 6.45) is 2.21. The zero-order valence-electron chi connectivity index (χ0n) is 11.8. The summed E-state index contributed by atoms with van der Waals surface area (Å²) in [5.74, 6) is 0. The summed E-state index contributed by atoms with van der Waals surface area (Å²) in [5, 5.41) is 10.1. The number of hydrogen-bond donors (Lipinski definition) is 2. The zero-order chi connectivity index (χ0) is 14.1. The normalized spacial score (nSPS) is 15.6. The van der Waals surface area contributed by atoms with Crippen molar-refractivity contribution in [1.82, 2.24) is 0 Å². The number of aliphatic hydroxyl groups excluding tert-OH is 1. The van der Waals surface area contributed by atoms with Crippen molar-refractivity contribution in [2.75, 3.05) is 0 Å². The van der Waals surface area contributed by atoms with Gasteiger partial charge in [0.05, 0.1) is 12.1 Å². The number of rotatable bonds is 4. The van der Waals surface area contributed by atoms with E-state index in [1.165, 1.54) is 22.3 Å². The molecule has 3 N–H and O–H groups in total. The highest BCUT2D eigenvalue weighted by Gasteiger charge is 2.21. The van der Waals surface area contributed by atoms with Crippen LogP contribution in [0.1, 0.15) is 42.5 Å². The predicted octanol–water partition coefficient (Wildman–Crippen LogP) is 3.42. The van der Waals surface area contributed by atoms with Gasteiger partial charge in [-0.1, -0.05) is 55.8 Å². The molecular weight excluding hydrogens is 246 g/mol. The highest BCUT2D eigenvalue weighted by molar-refractivity contribution is 5.77. The molecule has 1 aliphatic rings. The molecule has 0 radical (unpaired) electrons. The van der Waals surface area contributed by atoms with Gasteiger partial charge in [-0.05, 0) is 40.7 Å². The van der Waals surface area contributed by atoms with Gasteiger partial charge in [-0.15, -0.1) is 0 Å². The van der Waals surface area contributed by atoms with Gasteiger partial charge in [0.2, 0.25) is 0 Å². The molecular formula is C18H21NO. The van der Waals surface area contributed by atoms with E-state index in [1.54, 1.807) is 0 Å². The Kier molecular flexibility index (Phi) is 3.60. The van der Waals surface area contributed by atoms with Crippen LogP contribution in [0.2, 0.25) is 0 Å². The zero-order valence-corrected chi connectivity index (χ0v) is 11.8. The first-order valence-electron chi connectivity index (χ1n) is 7.35. The maximum Gasteiger partial charge on any atom is 0.0732 e. The highest BCUT2D eigenvalue weighted by Crippen LogP contribution is 2.37. The second-order valence-electron chi connectivity index (χ2n) is 5.63. The topological polar surface area (TPSA) is 46.2 Å². The lowest BCUT2D eigenvalue weighted by molar-refractivity contribution is 0.134. The number of fused-ring (bicyclic) bond motifs is 3. The fourth-order valence-electron chi connectivity index (χ4n) is 3.07. The van der Waals surface area contributed by atoms with E-state index in [4.69, 9.17) is 5.73 Å². The van der Waals surface area contributed by atoms with Crippen molar-refractivity contribution in [3.05, 3.63) is 59.2 Å². The Hall–Kier alpha value is -1.64. The summed E-state index contributed by atoms with van der Waals surface area (Å²) in [6.45, 7) is 2.06. The van der Waals surface area contributed by atoms with Crippen LogP contribution in [0.3, 0.4) is 0 Å². The number of hydrogen-bond acceptors (Lipinski definition) is 2. The van der Waals surface area contributed by atoms with Gasteiger partial charge in [0.25, 0.3) is 0 Å². The molecule has 0 fully saturated rings. The van der Waals surface area contributed by atoms with Crippen LogP contribution in [0, 0.1) is 0 Å². The summed E-state index contributed by atoms with van der Waals surface area (Å²) in [4.78, 5) is 0. The molecule has 20 heavy (non-hydrogen) atoms. The van der Waals surface area contributed by atoms with E-state index in [-0.39, 0.29) is 6.04 Å². The fourth-order valence-corrected chi connectivity index (χ4v) is 3.07. The first-order chi connectivity index (χ1) is 9.70. The molecule has 1 aliphatic carbocycles. The van der Waals surface area contributed by atoms with Crippen molar-refractivity contribution in [2.45, 2.75) is 38.3 Å². The van der Waals surface area contributed by atoms with Gasteiger partial charge >= 0.3 is 0 Å². The minimum Gasteiger partial charge on any atom is -0.391 e. The lowest BCUT2D eigenvalue weighted by atomic mass is 9.95. The van der Waals surface area contributed by atoms with Crippen molar-refractivity contribution in [2.24, 2.45) is 5.73 Å². The molecule has 0 amide bonds. The second-order valence-corrected chi connectivity index (χ2v) is 5.63. The molecule has 0 unspecified atom stereocenters. The van der Waals surface area contributed by atoms with Crippen LogP contribution in [0.5, 0.6) is 0 Å². The van der Waals surface area contributed by atoms with Crippen molar-refractivity contribution >= 4 is 0 Å². The first-order valence-corrected chi connectivity index (χ1v) is 7.35. The third kappa shape index (κ3) is 2.26. The molecule has 0 aromatic heterocycles. The summed E-state index contributed by atoms with van der Waals surface area (Å²) in [5.41, 5.74) is 12.5. The van der Waals surface area contributed by atoms with Crippen molar-refractivity contribution in [3.63, 3.8) is 0 Å². The van der Waals surface area contributed by atoms with Gasteiger partial charge in [-0.25, -0.2) is 0 Å². The third-order valence-corrected chi connectivity index (χ3v) is 4.20. The predicted molar refractivity (Wildman–Crippen MR) is 82.5 cm³/mol. The SMILES string of the molecule is CCC[C@H](O)[C@H](N)c1ccc2c(c1)Cc1ccccc1-2. The Morgan fingerprint density at radius 2 is 1.85 bits per heavy atom. The Labute approximate surface area is 120 Å². The molecule has 2 aromatic rings. The lowest BCUT2D eigenvalue weighted by Gasteiger charge is -2.19. The molecule has 0 heterocycles. The van der Waals surface area contributed by atoms with Crippen LogP contribution in [-0.2, 0) is 6.42 Å². The maximum atomic E-state index is 10.1. The number of benzene rings is 2. The van der Waals surface area contributed by atoms with Gasteiger partial charge in [-0.2, -0.15) is 0 Å². The summed E-state index contributed by atoms with van der Waals surface area (Å²) in [6, 6.07) is 14.6. The minimum absolute atomic E-state index is 0.288. The quantitative estimate of drug-likeness (QED) is 0.761. The van der Waals surface area contributed by atoms with Gasteiger partial charge in [0.15, 0.2) is 0 Å². The van der Waals surface area contributed by atoms with E-state index in [0.29, 0.717) is 0 Å². The number of aliphatic hydroxyl groups is 1. The van der Waals surface area contributed by atoms with E-state index in [0.717, 1.165) is 24.8 Å².